The molecule has 17 heavy (non-hydrogen) atoms. The fraction of sp³-hybridized carbons (Fsp3) is 1.00. The average Bonchev–Trinajstić information content (AvgIpc) is 2.87. The summed E-state index contributed by atoms with van der Waals surface area (Å²) in [5, 5.41) is 3.62. The molecule has 2 rings (SSSR count). The minimum atomic E-state index is 0.374. The molecule has 3 nitrogen and oxygen atoms in total. The summed E-state index contributed by atoms with van der Waals surface area (Å²) in [5.74, 6) is 0. The van der Waals surface area contributed by atoms with Crippen molar-refractivity contribution in [2.45, 2.75) is 70.1 Å². The molecule has 3 heteroatoms. The fourth-order valence-electron chi connectivity index (χ4n) is 2.85. The van der Waals surface area contributed by atoms with Gasteiger partial charge in [0.25, 0.3) is 0 Å². The van der Waals surface area contributed by atoms with E-state index in [1.807, 2.05) is 0 Å². The standard InChI is InChI=1S/C14H27NO2/c1-2-8-15-12-5-3-6-13(10-12)17-11-14-7-4-9-16-14/h12-15H,2-11H2,1H3. The smallest absolute Gasteiger partial charge is 0.0809 e. The van der Waals surface area contributed by atoms with Crippen LogP contribution in [0.3, 0.4) is 0 Å². The van der Waals surface area contributed by atoms with Gasteiger partial charge in [0, 0.05) is 12.6 Å². The van der Waals surface area contributed by atoms with Crippen LogP contribution in [0.1, 0.15) is 51.9 Å². The highest BCUT2D eigenvalue weighted by Crippen LogP contribution is 2.22. The third kappa shape index (κ3) is 4.57. The lowest BCUT2D eigenvalue weighted by atomic mass is 9.92. The van der Waals surface area contributed by atoms with Crippen LogP contribution in [0.5, 0.6) is 0 Å². The first-order valence-electron chi connectivity index (χ1n) is 7.35. The summed E-state index contributed by atoms with van der Waals surface area (Å²) in [5.41, 5.74) is 0. The van der Waals surface area contributed by atoms with Gasteiger partial charge in [-0.3, -0.25) is 0 Å². The highest BCUT2D eigenvalue weighted by Gasteiger charge is 2.24. The molecule has 0 aromatic heterocycles. The van der Waals surface area contributed by atoms with Crippen LogP contribution >= 0.6 is 0 Å². The number of ether oxygens (including phenoxy) is 2. The average molecular weight is 241 g/mol. The quantitative estimate of drug-likeness (QED) is 0.775. The van der Waals surface area contributed by atoms with Crippen LogP contribution in [0.25, 0.3) is 0 Å². The van der Waals surface area contributed by atoms with Gasteiger partial charge in [0.15, 0.2) is 0 Å². The van der Waals surface area contributed by atoms with Crippen molar-refractivity contribution in [3.8, 4) is 0 Å². The first kappa shape index (κ1) is 13.3. The Kier molecular flexibility index (Phi) is 5.75. The molecule has 0 aromatic carbocycles. The highest BCUT2D eigenvalue weighted by atomic mass is 16.5. The normalized spacial score (nSPS) is 34.1. The zero-order chi connectivity index (χ0) is 11.9. The van der Waals surface area contributed by atoms with Crippen molar-refractivity contribution >= 4 is 0 Å². The predicted molar refractivity (Wildman–Crippen MR) is 69.3 cm³/mol. The van der Waals surface area contributed by atoms with Crippen molar-refractivity contribution < 1.29 is 9.47 Å². The summed E-state index contributed by atoms with van der Waals surface area (Å²) in [7, 11) is 0. The molecule has 3 atom stereocenters. The van der Waals surface area contributed by atoms with E-state index in [0.29, 0.717) is 18.2 Å². The van der Waals surface area contributed by atoms with Crippen molar-refractivity contribution in [2.75, 3.05) is 19.8 Å². The van der Waals surface area contributed by atoms with Gasteiger partial charge in [0.2, 0.25) is 0 Å². The van der Waals surface area contributed by atoms with E-state index in [-0.39, 0.29) is 0 Å². The maximum absolute atomic E-state index is 6.01. The largest absolute Gasteiger partial charge is 0.376 e. The third-order valence-corrected chi connectivity index (χ3v) is 3.85. The van der Waals surface area contributed by atoms with E-state index in [2.05, 4.69) is 12.2 Å². The molecule has 1 aliphatic heterocycles. The summed E-state index contributed by atoms with van der Waals surface area (Å²) in [6, 6.07) is 0.679. The Balaban J connectivity index is 1.62. The molecule has 1 N–H and O–H groups in total. The summed E-state index contributed by atoms with van der Waals surface area (Å²) in [6.45, 7) is 5.11. The van der Waals surface area contributed by atoms with Gasteiger partial charge in [-0.1, -0.05) is 6.92 Å². The molecule has 1 saturated heterocycles. The molecule has 0 radical (unpaired) electrons. The van der Waals surface area contributed by atoms with E-state index >= 15 is 0 Å². The van der Waals surface area contributed by atoms with Gasteiger partial charge >= 0.3 is 0 Å². The van der Waals surface area contributed by atoms with E-state index in [1.165, 1.54) is 44.9 Å². The van der Waals surface area contributed by atoms with Crippen LogP contribution in [0, 0.1) is 0 Å². The molecule has 100 valence electrons. The van der Waals surface area contributed by atoms with Crippen molar-refractivity contribution in [1.82, 2.24) is 5.32 Å². The molecular formula is C14H27NO2. The molecule has 3 unspecified atom stereocenters. The van der Waals surface area contributed by atoms with E-state index < -0.39 is 0 Å². The third-order valence-electron chi connectivity index (χ3n) is 3.85. The molecule has 0 amide bonds. The van der Waals surface area contributed by atoms with E-state index in [4.69, 9.17) is 9.47 Å². The lowest BCUT2D eigenvalue weighted by Gasteiger charge is -2.30. The van der Waals surface area contributed by atoms with Gasteiger partial charge in [-0.05, 0) is 51.5 Å². The number of hydrogen-bond donors (Lipinski definition) is 1. The Bertz CT molecular complexity index is 204. The van der Waals surface area contributed by atoms with E-state index in [1.54, 1.807) is 0 Å². The second kappa shape index (κ2) is 7.34. The fourth-order valence-corrected chi connectivity index (χ4v) is 2.85. The predicted octanol–water partition coefficient (Wildman–Crippen LogP) is 2.49. The molecule has 0 spiro atoms. The van der Waals surface area contributed by atoms with Crippen LogP contribution in [-0.2, 0) is 9.47 Å². The van der Waals surface area contributed by atoms with Gasteiger partial charge in [-0.25, -0.2) is 0 Å². The maximum Gasteiger partial charge on any atom is 0.0809 e. The van der Waals surface area contributed by atoms with Gasteiger partial charge in [0.1, 0.15) is 0 Å². The SMILES string of the molecule is CCCNC1CCCC(OCC2CCCO2)C1. The van der Waals surface area contributed by atoms with Crippen LogP contribution in [0.4, 0.5) is 0 Å². The lowest BCUT2D eigenvalue weighted by molar-refractivity contribution is -0.0367. The molecule has 1 saturated carbocycles. The van der Waals surface area contributed by atoms with E-state index in [9.17, 15) is 0 Å². The zero-order valence-corrected chi connectivity index (χ0v) is 11.1. The van der Waals surface area contributed by atoms with Crippen molar-refractivity contribution in [2.24, 2.45) is 0 Å². The van der Waals surface area contributed by atoms with Gasteiger partial charge in [-0.2, -0.15) is 0 Å². The molecule has 1 aliphatic carbocycles. The lowest BCUT2D eigenvalue weighted by Crippen LogP contribution is -2.38. The van der Waals surface area contributed by atoms with Crippen LogP contribution < -0.4 is 5.32 Å². The van der Waals surface area contributed by atoms with Crippen LogP contribution in [0.2, 0.25) is 0 Å². The van der Waals surface area contributed by atoms with E-state index in [0.717, 1.165) is 19.8 Å². The van der Waals surface area contributed by atoms with Gasteiger partial charge in [0.05, 0.1) is 18.8 Å². The number of nitrogens with one attached hydrogen (secondary N) is 1. The Morgan fingerprint density at radius 3 is 2.94 bits per heavy atom. The van der Waals surface area contributed by atoms with Gasteiger partial charge in [-0.15, -0.1) is 0 Å². The van der Waals surface area contributed by atoms with Crippen molar-refractivity contribution in [1.29, 1.82) is 0 Å². The first-order chi connectivity index (χ1) is 8.38. The monoisotopic (exact) mass is 241 g/mol. The number of rotatable bonds is 6. The summed E-state index contributed by atoms with van der Waals surface area (Å²) in [6.07, 6.45) is 9.49. The Labute approximate surface area is 105 Å². The minimum absolute atomic E-state index is 0.374. The molecular weight excluding hydrogens is 214 g/mol. The maximum atomic E-state index is 6.01. The molecule has 1 heterocycles. The molecule has 2 aliphatic rings. The second-order valence-electron chi connectivity index (χ2n) is 5.41. The molecule has 0 aromatic rings. The minimum Gasteiger partial charge on any atom is -0.376 e. The zero-order valence-electron chi connectivity index (χ0n) is 11.1. The number of hydrogen-bond acceptors (Lipinski definition) is 3. The highest BCUT2D eigenvalue weighted by molar-refractivity contribution is 4.79. The molecule has 0 bridgehead atoms. The Morgan fingerprint density at radius 2 is 2.18 bits per heavy atom. The van der Waals surface area contributed by atoms with Crippen LogP contribution in [-0.4, -0.2) is 38.0 Å². The summed E-state index contributed by atoms with van der Waals surface area (Å²) >= 11 is 0. The summed E-state index contributed by atoms with van der Waals surface area (Å²) < 4.78 is 11.6. The Morgan fingerprint density at radius 1 is 1.24 bits per heavy atom. The second-order valence-corrected chi connectivity index (χ2v) is 5.41. The van der Waals surface area contributed by atoms with Gasteiger partial charge < -0.3 is 14.8 Å². The molecule has 2 fully saturated rings. The summed E-state index contributed by atoms with van der Waals surface area (Å²) in [4.78, 5) is 0. The van der Waals surface area contributed by atoms with Crippen LogP contribution in [0.15, 0.2) is 0 Å². The Hall–Kier alpha value is -0.120. The topological polar surface area (TPSA) is 30.5 Å². The van der Waals surface area contributed by atoms with Crippen molar-refractivity contribution in [3.05, 3.63) is 0 Å². The first-order valence-corrected chi connectivity index (χ1v) is 7.35. The van der Waals surface area contributed by atoms with Crippen molar-refractivity contribution in [3.63, 3.8) is 0 Å².